The summed E-state index contributed by atoms with van der Waals surface area (Å²) in [5, 5.41) is 7.50. The molecule has 3 unspecified atom stereocenters. The highest BCUT2D eigenvalue weighted by atomic mass is 32.2. The van der Waals surface area contributed by atoms with Gasteiger partial charge in [-0.15, -0.1) is 0 Å². The van der Waals surface area contributed by atoms with Crippen molar-refractivity contribution in [1.29, 1.82) is 0 Å². The molecular formula is C31H67N4O12S3-. The molecule has 0 rings (SSSR count). The minimum absolute atomic E-state index is 0.0397. The van der Waals surface area contributed by atoms with Crippen LogP contribution in [0.4, 0.5) is 0 Å². The summed E-state index contributed by atoms with van der Waals surface area (Å²) < 4.78 is 92.2. The summed E-state index contributed by atoms with van der Waals surface area (Å²) in [6.07, 6.45) is 2.05. The third kappa shape index (κ3) is 35.9. The number of carbonyl (C=O) groups is 3. The lowest BCUT2D eigenvalue weighted by Crippen LogP contribution is -3.11. The normalized spacial score (nSPS) is 13.9. The molecule has 0 bridgehead atoms. The van der Waals surface area contributed by atoms with Gasteiger partial charge in [0.2, 0.25) is 17.7 Å². The molecule has 0 aromatic rings. The van der Waals surface area contributed by atoms with Crippen LogP contribution in [0, 0.1) is 17.8 Å². The van der Waals surface area contributed by atoms with Gasteiger partial charge in [0.1, 0.15) is 0 Å². The predicted molar refractivity (Wildman–Crippen MR) is 194 cm³/mol. The fourth-order valence-electron chi connectivity index (χ4n) is 3.65. The van der Waals surface area contributed by atoms with Gasteiger partial charge in [0, 0.05) is 35.4 Å². The van der Waals surface area contributed by atoms with E-state index in [-0.39, 0.29) is 42.0 Å². The van der Waals surface area contributed by atoms with E-state index in [9.17, 15) is 48.7 Å². The van der Waals surface area contributed by atoms with Gasteiger partial charge in [0.25, 0.3) is 10.1 Å². The summed E-state index contributed by atoms with van der Waals surface area (Å²) >= 11 is 0. The van der Waals surface area contributed by atoms with E-state index in [2.05, 4.69) is 36.7 Å². The van der Waals surface area contributed by atoms with Crippen molar-refractivity contribution in [2.75, 3.05) is 43.4 Å². The van der Waals surface area contributed by atoms with Crippen LogP contribution in [0.15, 0.2) is 0 Å². The molecule has 0 aliphatic rings. The molecule has 0 aliphatic carbocycles. The molecule has 16 nitrogen and oxygen atoms in total. The van der Waals surface area contributed by atoms with Gasteiger partial charge in [0.15, 0.2) is 0 Å². The maximum atomic E-state index is 11.5. The number of rotatable bonds is 18. The number of nitrogens with one attached hydrogen (secondary N) is 4. The monoisotopic (exact) mass is 783 g/mol. The van der Waals surface area contributed by atoms with Crippen molar-refractivity contribution in [3.8, 4) is 0 Å². The quantitative estimate of drug-likeness (QED) is 0.122. The summed E-state index contributed by atoms with van der Waals surface area (Å²) in [6.45, 7) is 27.4. The Kier molecular flexibility index (Phi) is 28.5. The molecule has 0 saturated carbocycles. The summed E-state index contributed by atoms with van der Waals surface area (Å²) in [5.41, 5.74) is -2.03. The molecule has 0 radical (unpaired) electrons. The zero-order valence-electron chi connectivity index (χ0n) is 32.5. The van der Waals surface area contributed by atoms with Crippen LogP contribution in [0.25, 0.3) is 0 Å². The van der Waals surface area contributed by atoms with Crippen molar-refractivity contribution in [1.82, 2.24) is 16.0 Å². The predicted octanol–water partition coefficient (Wildman–Crippen LogP) is 0.913. The Morgan fingerprint density at radius 2 is 0.900 bits per heavy atom. The van der Waals surface area contributed by atoms with Gasteiger partial charge in [-0.1, -0.05) is 41.5 Å². The first-order valence-electron chi connectivity index (χ1n) is 16.9. The standard InChI is InChI=1S/2C9H19NO4S.C7H15NO4S.C6H15N/c2*1-5-7(2)8(11)10-9(3,4)6-15(12,13)14;1-3-6(2)7(9)8-4-5-13(10,11)12;1-4-7(5-2)6-3/h2*7H,5-6H2,1-4H3,(H,10,11)(H,12,13,14);6H,3-5H2,1-2H3,(H,8,9)(H,10,11,12);4-6H2,1-3H3/p-1. The fourth-order valence-corrected chi connectivity index (χ4v) is 5.93. The molecule has 0 aromatic carbocycles. The van der Waals surface area contributed by atoms with Crippen LogP contribution in [-0.4, -0.2) is 111 Å². The number of hydrogen-bond donors (Lipinski definition) is 5. The van der Waals surface area contributed by atoms with Crippen LogP contribution in [-0.2, 0) is 44.7 Å². The smallest absolute Gasteiger partial charge is 0.266 e. The first-order valence-corrected chi connectivity index (χ1v) is 21.7. The van der Waals surface area contributed by atoms with Crippen molar-refractivity contribution in [3.63, 3.8) is 0 Å². The van der Waals surface area contributed by atoms with Crippen molar-refractivity contribution >= 4 is 48.1 Å². The van der Waals surface area contributed by atoms with Gasteiger partial charge in [0.05, 0.1) is 57.1 Å². The van der Waals surface area contributed by atoms with Crippen LogP contribution in [0.3, 0.4) is 0 Å². The van der Waals surface area contributed by atoms with Crippen LogP contribution in [0.2, 0.25) is 0 Å². The van der Waals surface area contributed by atoms with Crippen LogP contribution in [0.1, 0.15) is 109 Å². The molecular weight excluding hydrogens is 717 g/mol. The second kappa shape index (κ2) is 26.0. The molecule has 0 heterocycles. The minimum Gasteiger partial charge on any atom is -0.748 e. The lowest BCUT2D eigenvalue weighted by atomic mass is 10.0. The van der Waals surface area contributed by atoms with Crippen molar-refractivity contribution < 1.29 is 58.2 Å². The molecule has 3 atom stereocenters. The van der Waals surface area contributed by atoms with Crippen LogP contribution >= 0.6 is 0 Å². The lowest BCUT2D eigenvalue weighted by Gasteiger charge is -2.28. The Morgan fingerprint density at radius 1 is 0.620 bits per heavy atom. The Bertz CT molecular complexity index is 1230. The van der Waals surface area contributed by atoms with E-state index in [4.69, 9.17) is 4.55 Å². The molecule has 50 heavy (non-hydrogen) atoms. The molecule has 3 amide bonds. The number of carbonyl (C=O) groups excluding carboxylic acids is 3. The van der Waals surface area contributed by atoms with E-state index >= 15 is 0 Å². The second-order valence-corrected chi connectivity index (χ2v) is 17.8. The molecule has 302 valence electrons. The molecule has 0 fully saturated rings. The largest absolute Gasteiger partial charge is 0.748 e. The van der Waals surface area contributed by atoms with E-state index in [1.54, 1.807) is 25.7 Å². The number of amides is 3. The zero-order valence-corrected chi connectivity index (χ0v) is 34.9. The third-order valence-corrected chi connectivity index (χ3v) is 10.2. The fraction of sp³-hybridized carbons (Fsp3) is 0.903. The van der Waals surface area contributed by atoms with Gasteiger partial charge in [-0.05, 0) is 67.7 Å². The molecule has 0 aromatic heterocycles. The highest BCUT2D eigenvalue weighted by molar-refractivity contribution is 7.86. The van der Waals surface area contributed by atoms with Gasteiger partial charge < -0.3 is 30.0 Å². The van der Waals surface area contributed by atoms with E-state index in [0.717, 1.165) is 0 Å². The molecule has 0 saturated heterocycles. The molecule has 19 heteroatoms. The van der Waals surface area contributed by atoms with Gasteiger partial charge in [-0.2, -0.15) is 8.42 Å². The summed E-state index contributed by atoms with van der Waals surface area (Å²) in [7, 11) is -12.6. The van der Waals surface area contributed by atoms with Crippen LogP contribution < -0.4 is 20.9 Å². The van der Waals surface area contributed by atoms with Crippen molar-refractivity contribution in [2.24, 2.45) is 17.8 Å². The first-order chi connectivity index (χ1) is 22.4. The van der Waals surface area contributed by atoms with E-state index in [0.29, 0.717) is 19.3 Å². The number of hydrogen-bond acceptors (Lipinski definition) is 11. The van der Waals surface area contributed by atoms with E-state index < -0.39 is 58.7 Å². The number of quaternary nitrogens is 1. The molecule has 5 N–H and O–H groups in total. The van der Waals surface area contributed by atoms with Crippen molar-refractivity contribution in [3.05, 3.63) is 0 Å². The average Bonchev–Trinajstić information content (AvgIpc) is 2.93. The Balaban J connectivity index is -0.000000291. The highest BCUT2D eigenvalue weighted by Gasteiger charge is 2.26. The van der Waals surface area contributed by atoms with Gasteiger partial charge in [-0.3, -0.25) is 18.9 Å². The van der Waals surface area contributed by atoms with Crippen molar-refractivity contribution in [2.45, 2.75) is 120 Å². The SMILES string of the molecule is CCC(C)C(=O)NC(C)(C)CS(=O)(=O)[O-].CCC(C)C(=O)NC(C)(C)CS(=O)(=O)[O-].CCC(C)C(=O)NCCS(=O)(=O)O.CC[NH+](CC)CC. The summed E-state index contributed by atoms with van der Waals surface area (Å²) in [6, 6.07) is 0. The third-order valence-electron chi connectivity index (χ3n) is 7.34. The maximum absolute atomic E-state index is 11.5. The molecule has 0 aliphatic heterocycles. The lowest BCUT2D eigenvalue weighted by molar-refractivity contribution is -0.894. The average molecular weight is 784 g/mol. The maximum Gasteiger partial charge on any atom is 0.266 e. The van der Waals surface area contributed by atoms with Crippen LogP contribution in [0.5, 0.6) is 0 Å². The Hall–Kier alpha value is -1.90. The summed E-state index contributed by atoms with van der Waals surface area (Å²) in [4.78, 5) is 35.7. The van der Waals surface area contributed by atoms with Gasteiger partial charge >= 0.3 is 0 Å². The highest BCUT2D eigenvalue weighted by Crippen LogP contribution is 2.10. The molecule has 0 spiro atoms. The second-order valence-electron chi connectivity index (χ2n) is 13.5. The minimum atomic E-state index is -4.32. The Morgan fingerprint density at radius 3 is 1.10 bits per heavy atom. The summed E-state index contributed by atoms with van der Waals surface area (Å²) in [5.74, 6) is -2.76. The Labute approximate surface area is 302 Å². The van der Waals surface area contributed by atoms with E-state index in [1.807, 2.05) is 20.8 Å². The topological polar surface area (TPSA) is 261 Å². The van der Waals surface area contributed by atoms with Gasteiger partial charge in [-0.25, -0.2) is 16.8 Å². The van der Waals surface area contributed by atoms with E-state index in [1.165, 1.54) is 47.3 Å². The first kappa shape index (κ1) is 54.9. The zero-order chi connectivity index (χ0) is 40.7.